The van der Waals surface area contributed by atoms with Crippen LogP contribution in [0.3, 0.4) is 0 Å². The zero-order valence-electron chi connectivity index (χ0n) is 11.1. The Morgan fingerprint density at radius 2 is 1.85 bits per heavy atom. The topological polar surface area (TPSA) is 41.6 Å². The number of rotatable bonds is 2. The molecule has 3 aromatic rings. The van der Waals surface area contributed by atoms with Crippen LogP contribution < -0.4 is 0 Å². The van der Waals surface area contributed by atoms with Gasteiger partial charge in [-0.15, -0.1) is 0 Å². The predicted octanol–water partition coefficient (Wildman–Crippen LogP) is 3.72. The number of hydrogen-bond donors (Lipinski definition) is 0. The van der Waals surface area contributed by atoms with Crippen molar-refractivity contribution in [3.05, 3.63) is 72.1 Å². The van der Waals surface area contributed by atoms with E-state index in [0.717, 1.165) is 22.4 Å². The first kappa shape index (κ1) is 12.2. The van der Waals surface area contributed by atoms with Gasteiger partial charge < -0.3 is 0 Å². The second-order valence-electron chi connectivity index (χ2n) is 4.65. The van der Waals surface area contributed by atoms with Crippen molar-refractivity contribution in [1.82, 2.24) is 9.78 Å². The molecule has 0 saturated heterocycles. The summed E-state index contributed by atoms with van der Waals surface area (Å²) in [4.78, 5) is 0. The number of nitriles is 1. The molecule has 0 amide bonds. The fourth-order valence-electron chi connectivity index (χ4n) is 2.16. The van der Waals surface area contributed by atoms with Gasteiger partial charge in [-0.3, -0.25) is 0 Å². The van der Waals surface area contributed by atoms with E-state index in [-0.39, 0.29) is 0 Å². The molecule has 1 aromatic heterocycles. The smallest absolute Gasteiger partial charge is 0.0994 e. The number of benzene rings is 2. The summed E-state index contributed by atoms with van der Waals surface area (Å²) in [5.41, 5.74) is 4.84. The fraction of sp³-hybridized carbons (Fsp3) is 0.0588. The minimum atomic E-state index is 0.698. The highest BCUT2D eigenvalue weighted by molar-refractivity contribution is 5.62. The van der Waals surface area contributed by atoms with Gasteiger partial charge in [-0.2, -0.15) is 10.4 Å². The van der Waals surface area contributed by atoms with Crippen LogP contribution in [-0.2, 0) is 0 Å². The Morgan fingerprint density at radius 1 is 1.05 bits per heavy atom. The molecule has 2 aromatic carbocycles. The van der Waals surface area contributed by atoms with Crippen LogP contribution in [-0.4, -0.2) is 9.78 Å². The van der Waals surface area contributed by atoms with Crippen molar-refractivity contribution in [1.29, 1.82) is 5.26 Å². The van der Waals surface area contributed by atoms with E-state index in [9.17, 15) is 0 Å². The molecule has 3 nitrogen and oxygen atoms in total. The monoisotopic (exact) mass is 259 g/mol. The van der Waals surface area contributed by atoms with Crippen LogP contribution in [0.15, 0.2) is 60.9 Å². The quantitative estimate of drug-likeness (QED) is 0.703. The highest BCUT2D eigenvalue weighted by Crippen LogP contribution is 2.20. The van der Waals surface area contributed by atoms with Crippen LogP contribution in [0.1, 0.15) is 11.1 Å². The lowest BCUT2D eigenvalue weighted by molar-refractivity contribution is 0.879. The molecule has 0 saturated carbocycles. The molecule has 0 bridgehead atoms. The molecule has 0 fully saturated rings. The molecule has 0 radical (unpaired) electrons. The number of hydrogen-bond acceptors (Lipinski definition) is 2. The molecule has 0 aliphatic rings. The largest absolute Gasteiger partial charge is 0.240 e. The number of nitrogens with zero attached hydrogens (tertiary/aromatic N) is 3. The molecule has 0 unspecified atom stereocenters. The lowest BCUT2D eigenvalue weighted by Gasteiger charge is -2.03. The average Bonchev–Trinajstić information content (AvgIpc) is 2.98. The molecular formula is C17H13N3. The standard InChI is InChI=1S/C17H13N3/c1-13-9-17(8-7-15(13)10-18)20-12-16(11-19-20)14-5-3-2-4-6-14/h2-9,11-12H,1H3. The summed E-state index contributed by atoms with van der Waals surface area (Å²) < 4.78 is 1.83. The van der Waals surface area contributed by atoms with Crippen molar-refractivity contribution in [2.75, 3.05) is 0 Å². The molecule has 0 aliphatic carbocycles. The lowest BCUT2D eigenvalue weighted by atomic mass is 10.1. The predicted molar refractivity (Wildman–Crippen MR) is 78.5 cm³/mol. The van der Waals surface area contributed by atoms with Crippen LogP contribution in [0.4, 0.5) is 0 Å². The normalized spacial score (nSPS) is 10.2. The third kappa shape index (κ3) is 2.19. The molecular weight excluding hydrogens is 246 g/mol. The molecule has 3 rings (SSSR count). The summed E-state index contributed by atoms with van der Waals surface area (Å²) in [6, 6.07) is 18.0. The van der Waals surface area contributed by atoms with Crippen LogP contribution >= 0.6 is 0 Å². The van der Waals surface area contributed by atoms with Crippen molar-refractivity contribution in [3.63, 3.8) is 0 Å². The van der Waals surface area contributed by atoms with E-state index < -0.39 is 0 Å². The zero-order chi connectivity index (χ0) is 13.9. The van der Waals surface area contributed by atoms with Gasteiger partial charge in [0, 0.05) is 11.8 Å². The summed E-state index contributed by atoms with van der Waals surface area (Å²) in [5.74, 6) is 0. The van der Waals surface area contributed by atoms with E-state index in [2.05, 4.69) is 23.3 Å². The highest BCUT2D eigenvalue weighted by Gasteiger charge is 2.05. The molecule has 96 valence electrons. The van der Waals surface area contributed by atoms with Gasteiger partial charge in [-0.1, -0.05) is 30.3 Å². The van der Waals surface area contributed by atoms with Gasteiger partial charge in [-0.05, 0) is 36.2 Å². The Labute approximate surface area is 117 Å². The first-order valence-electron chi connectivity index (χ1n) is 6.39. The Hall–Kier alpha value is -2.86. The van der Waals surface area contributed by atoms with Gasteiger partial charge in [0.25, 0.3) is 0 Å². The van der Waals surface area contributed by atoms with E-state index in [1.165, 1.54) is 0 Å². The first-order chi connectivity index (χ1) is 9.78. The van der Waals surface area contributed by atoms with Gasteiger partial charge in [0.2, 0.25) is 0 Å². The SMILES string of the molecule is Cc1cc(-n2cc(-c3ccccc3)cn2)ccc1C#N. The minimum absolute atomic E-state index is 0.698. The van der Waals surface area contributed by atoms with Gasteiger partial charge in [0.05, 0.1) is 23.5 Å². The van der Waals surface area contributed by atoms with Crippen LogP contribution in [0.25, 0.3) is 16.8 Å². The third-order valence-corrected chi connectivity index (χ3v) is 3.28. The molecule has 0 spiro atoms. The summed E-state index contributed by atoms with van der Waals surface area (Å²) in [6.07, 6.45) is 3.85. The summed E-state index contributed by atoms with van der Waals surface area (Å²) >= 11 is 0. The highest BCUT2D eigenvalue weighted by atomic mass is 15.3. The van der Waals surface area contributed by atoms with E-state index in [4.69, 9.17) is 5.26 Å². The van der Waals surface area contributed by atoms with E-state index in [1.54, 1.807) is 0 Å². The molecule has 20 heavy (non-hydrogen) atoms. The molecule has 3 heteroatoms. The minimum Gasteiger partial charge on any atom is -0.240 e. The van der Waals surface area contributed by atoms with E-state index >= 15 is 0 Å². The zero-order valence-corrected chi connectivity index (χ0v) is 11.1. The van der Waals surface area contributed by atoms with Crippen LogP contribution in [0, 0.1) is 18.3 Å². The van der Waals surface area contributed by atoms with Crippen molar-refractivity contribution in [3.8, 4) is 22.9 Å². The van der Waals surface area contributed by atoms with Gasteiger partial charge in [0.15, 0.2) is 0 Å². The Kier molecular flexibility index (Phi) is 3.06. The number of aromatic nitrogens is 2. The van der Waals surface area contributed by atoms with Gasteiger partial charge in [0.1, 0.15) is 0 Å². The van der Waals surface area contributed by atoms with E-state index in [1.807, 2.05) is 60.4 Å². The summed E-state index contributed by atoms with van der Waals surface area (Å²) in [6.45, 7) is 1.93. The Bertz CT molecular complexity index is 779. The van der Waals surface area contributed by atoms with Crippen molar-refractivity contribution in [2.45, 2.75) is 6.92 Å². The molecule has 0 aliphatic heterocycles. The Balaban J connectivity index is 1.99. The maximum absolute atomic E-state index is 8.96. The molecule has 1 heterocycles. The van der Waals surface area contributed by atoms with Gasteiger partial charge >= 0.3 is 0 Å². The Morgan fingerprint density at radius 3 is 2.55 bits per heavy atom. The van der Waals surface area contributed by atoms with Crippen molar-refractivity contribution in [2.24, 2.45) is 0 Å². The molecule has 0 N–H and O–H groups in total. The second-order valence-corrected chi connectivity index (χ2v) is 4.65. The summed E-state index contributed by atoms with van der Waals surface area (Å²) in [7, 11) is 0. The van der Waals surface area contributed by atoms with Crippen molar-refractivity contribution < 1.29 is 0 Å². The summed E-state index contributed by atoms with van der Waals surface area (Å²) in [5, 5.41) is 13.4. The lowest BCUT2D eigenvalue weighted by Crippen LogP contribution is -1.95. The van der Waals surface area contributed by atoms with Crippen LogP contribution in [0.2, 0.25) is 0 Å². The van der Waals surface area contributed by atoms with Crippen molar-refractivity contribution >= 4 is 0 Å². The maximum Gasteiger partial charge on any atom is 0.0994 e. The number of aryl methyl sites for hydroxylation is 1. The molecule has 0 atom stereocenters. The second kappa shape index (κ2) is 5.02. The average molecular weight is 259 g/mol. The fourth-order valence-corrected chi connectivity index (χ4v) is 2.16. The third-order valence-electron chi connectivity index (χ3n) is 3.28. The van der Waals surface area contributed by atoms with Crippen LogP contribution in [0.5, 0.6) is 0 Å². The first-order valence-corrected chi connectivity index (χ1v) is 6.39. The maximum atomic E-state index is 8.96. The van der Waals surface area contributed by atoms with E-state index in [0.29, 0.717) is 5.56 Å². The van der Waals surface area contributed by atoms with Gasteiger partial charge in [-0.25, -0.2) is 4.68 Å².